The van der Waals surface area contributed by atoms with Gasteiger partial charge in [-0.3, -0.25) is 18.4 Å². The topological polar surface area (TPSA) is 291 Å². The number of terminal acetylenes is 1. The van der Waals surface area contributed by atoms with E-state index in [-0.39, 0.29) is 28.3 Å². The summed E-state index contributed by atoms with van der Waals surface area (Å²) >= 11 is 0. The van der Waals surface area contributed by atoms with E-state index in [0.29, 0.717) is 6.42 Å². The first kappa shape index (κ1) is 53.3. The lowest BCUT2D eigenvalue weighted by atomic mass is 9.85. The Kier molecular flexibility index (Phi) is 28.4. The van der Waals surface area contributed by atoms with Crippen LogP contribution in [0.15, 0.2) is 0 Å². The van der Waals surface area contributed by atoms with Crippen LogP contribution in [0.3, 0.4) is 0 Å². The molecular formula is C38H75NO16P2. The first-order chi connectivity index (χ1) is 26.6. The Bertz CT molecular complexity index is 1750. The summed E-state index contributed by atoms with van der Waals surface area (Å²) in [5.74, 6) is 23.0. The molecule has 0 aromatic heterocycles. The molecule has 0 radical (unpaired) electrons. The number of hydrogen-bond acceptors (Lipinski definition) is 14. The summed E-state index contributed by atoms with van der Waals surface area (Å²) in [7, 11) is -10.8. The van der Waals surface area contributed by atoms with Crippen LogP contribution < -0.4 is 6.15 Å². The van der Waals surface area contributed by atoms with Gasteiger partial charge < -0.3 is 50.7 Å². The normalized spacial score (nSPS) is 21.1. The number of aliphatic hydroxyl groups is 4. The number of phosphoric acid groups is 2. The number of carbonyl (C=O) groups is 2. The SMILES string of the molecule is C#CC#CC#CC#CC#CC#CC(=O)OC[C@H](COP(=O)(O)OC1C(O)[C@@H](OP(=O)(O)O)C(O)[C@@H](O)[C@H]1O)OC(=O)CCCCCCCCCCCCCCC.N.[HH].[HH].[HH].[HH].[HH].[HH].[HH].[HH].[HH].[HH].[HH]. The molecule has 1 saturated carbocycles. The zero-order valence-corrected chi connectivity index (χ0v) is 33.6. The van der Waals surface area contributed by atoms with Gasteiger partial charge in [0.15, 0.2) is 6.10 Å². The van der Waals surface area contributed by atoms with E-state index < -0.39 is 83.5 Å². The number of carbonyl (C=O) groups excluding carboxylic acids is 2. The highest BCUT2D eigenvalue weighted by molar-refractivity contribution is 7.47. The van der Waals surface area contributed by atoms with Gasteiger partial charge >= 0.3 is 27.6 Å². The van der Waals surface area contributed by atoms with E-state index >= 15 is 0 Å². The highest BCUT2D eigenvalue weighted by atomic mass is 31.2. The minimum atomic E-state index is -5.39. The third kappa shape index (κ3) is 25.3. The lowest BCUT2D eigenvalue weighted by Gasteiger charge is -2.43. The molecule has 57 heavy (non-hydrogen) atoms. The van der Waals surface area contributed by atoms with Crippen LogP contribution in [0, 0.1) is 71.5 Å². The van der Waals surface area contributed by atoms with Crippen LogP contribution in [-0.2, 0) is 41.8 Å². The van der Waals surface area contributed by atoms with Crippen molar-refractivity contribution in [3.8, 4) is 71.5 Å². The van der Waals surface area contributed by atoms with Crippen molar-refractivity contribution in [3.63, 3.8) is 0 Å². The summed E-state index contributed by atoms with van der Waals surface area (Å²) in [6.45, 7) is 0.517. The number of hydrogen-bond donors (Lipinski definition) is 8. The molecule has 19 heteroatoms. The lowest BCUT2D eigenvalue weighted by molar-refractivity contribution is -0.216. The van der Waals surface area contributed by atoms with Crippen molar-refractivity contribution in [2.45, 2.75) is 140 Å². The first-order valence-electron chi connectivity index (χ1n) is 18.1. The van der Waals surface area contributed by atoms with Crippen LogP contribution in [0.4, 0.5) is 0 Å². The Morgan fingerprint density at radius 1 is 0.649 bits per heavy atom. The van der Waals surface area contributed by atoms with Gasteiger partial charge in [-0.05, 0) is 65.6 Å². The van der Waals surface area contributed by atoms with Crippen LogP contribution in [0.5, 0.6) is 0 Å². The summed E-state index contributed by atoms with van der Waals surface area (Å²) in [6.07, 6.45) is 3.86. The molecule has 10 N–H and O–H groups in total. The highest BCUT2D eigenvalue weighted by Crippen LogP contribution is 2.49. The van der Waals surface area contributed by atoms with Gasteiger partial charge in [-0.25, -0.2) is 13.9 Å². The minimum Gasteiger partial charge on any atom is -0.456 e. The van der Waals surface area contributed by atoms with E-state index in [0.717, 1.165) is 32.1 Å². The van der Waals surface area contributed by atoms with E-state index in [1.165, 1.54) is 44.9 Å². The summed E-state index contributed by atoms with van der Waals surface area (Å²) < 4.78 is 48.4. The summed E-state index contributed by atoms with van der Waals surface area (Å²) in [6, 6.07) is 0. The van der Waals surface area contributed by atoms with Crippen molar-refractivity contribution in [2.24, 2.45) is 0 Å². The van der Waals surface area contributed by atoms with Crippen molar-refractivity contribution in [1.29, 1.82) is 0 Å². The van der Waals surface area contributed by atoms with Crippen molar-refractivity contribution in [1.82, 2.24) is 6.15 Å². The zero-order chi connectivity index (χ0) is 41.8. The molecular weight excluding hydrogens is 788 g/mol. The maximum Gasteiger partial charge on any atom is 0.472 e. The molecule has 0 aromatic carbocycles. The molecule has 1 fully saturated rings. The van der Waals surface area contributed by atoms with Gasteiger partial charge in [-0.15, -0.1) is 6.42 Å². The summed E-state index contributed by atoms with van der Waals surface area (Å²) in [5, 5.41) is 40.9. The molecule has 1 rings (SSSR count). The van der Waals surface area contributed by atoms with Gasteiger partial charge in [-0.1, -0.05) is 84.0 Å². The molecule has 17 nitrogen and oxygen atoms in total. The molecule has 8 atom stereocenters. The van der Waals surface area contributed by atoms with Crippen LogP contribution in [0.1, 0.15) is 113 Å². The molecule has 0 bridgehead atoms. The maximum absolute atomic E-state index is 12.8. The molecule has 4 unspecified atom stereocenters. The lowest BCUT2D eigenvalue weighted by Crippen LogP contribution is -2.64. The second-order valence-corrected chi connectivity index (χ2v) is 15.1. The predicted molar refractivity (Wildman–Crippen MR) is 229 cm³/mol. The molecule has 338 valence electrons. The third-order valence-electron chi connectivity index (χ3n) is 7.90. The molecule has 1 aliphatic rings. The predicted octanol–water partition coefficient (Wildman–Crippen LogP) is 4.88. The number of ether oxygens (including phenoxy) is 2. The van der Waals surface area contributed by atoms with Gasteiger partial charge in [-0.2, -0.15) is 0 Å². The third-order valence-corrected chi connectivity index (χ3v) is 9.41. The fraction of sp³-hybridized carbons (Fsp3) is 0.632. The first-order valence-corrected chi connectivity index (χ1v) is 21.1. The van der Waals surface area contributed by atoms with Crippen LogP contribution in [0.25, 0.3) is 0 Å². The number of phosphoric ester groups is 2. The molecule has 0 saturated heterocycles. The zero-order valence-electron chi connectivity index (χ0n) is 31.8. The number of unbranched alkanes of at least 4 members (excludes halogenated alkanes) is 12. The van der Waals surface area contributed by atoms with Crippen molar-refractivity contribution in [3.05, 3.63) is 0 Å². The maximum atomic E-state index is 12.8. The quantitative estimate of drug-likeness (QED) is 0.0211. The minimum absolute atomic E-state index is 0. The van der Waals surface area contributed by atoms with E-state index in [2.05, 4.69) is 70.7 Å². The van der Waals surface area contributed by atoms with E-state index in [4.69, 9.17) is 34.7 Å². The smallest absolute Gasteiger partial charge is 0.456 e. The molecule has 0 amide bonds. The van der Waals surface area contributed by atoms with Gasteiger partial charge in [0.2, 0.25) is 0 Å². The number of aliphatic hydroxyl groups excluding tert-OH is 4. The van der Waals surface area contributed by atoms with E-state index in [1.807, 2.05) is 5.92 Å². The van der Waals surface area contributed by atoms with Gasteiger partial charge in [0.05, 0.1) is 6.61 Å². The van der Waals surface area contributed by atoms with Crippen molar-refractivity contribution in [2.75, 3.05) is 13.2 Å². The van der Waals surface area contributed by atoms with Gasteiger partial charge in [0, 0.05) is 28.0 Å². The average Bonchev–Trinajstić information content (AvgIpc) is 3.14. The van der Waals surface area contributed by atoms with Crippen LogP contribution >= 0.6 is 15.6 Å². The monoisotopic (exact) mass is 863 g/mol. The Labute approximate surface area is 350 Å². The summed E-state index contributed by atoms with van der Waals surface area (Å²) in [5.41, 5.74) is 0. The second kappa shape index (κ2) is 30.4. The average molecular weight is 864 g/mol. The fourth-order valence-electron chi connectivity index (χ4n) is 5.14. The van der Waals surface area contributed by atoms with Gasteiger partial charge in [0.1, 0.15) is 43.2 Å². The molecule has 0 aliphatic heterocycles. The molecule has 1 aliphatic carbocycles. The largest absolute Gasteiger partial charge is 0.472 e. The van der Waals surface area contributed by atoms with Crippen LogP contribution in [0.2, 0.25) is 0 Å². The van der Waals surface area contributed by atoms with Crippen molar-refractivity contribution >= 4 is 27.6 Å². The van der Waals surface area contributed by atoms with Crippen molar-refractivity contribution < 1.29 is 92.6 Å². The Morgan fingerprint density at radius 2 is 1.11 bits per heavy atom. The summed E-state index contributed by atoms with van der Waals surface area (Å²) in [4.78, 5) is 53.4. The Balaban J connectivity index is -0.000000261. The molecule has 0 heterocycles. The highest BCUT2D eigenvalue weighted by Gasteiger charge is 2.54. The number of esters is 2. The van der Waals surface area contributed by atoms with Gasteiger partial charge in [0.25, 0.3) is 0 Å². The Hall–Kier alpha value is -3.68. The standard InChI is InChI=1S/C38H50O16P2.H3N.11H2/c1-3-5-7-9-11-13-15-16-17-19-21-23-25-27-32(40)52-30(28-50-31(39)26-24-22-20-18-14-12-10-8-6-4-2)29-51-56(48,49)54-38-35(43)33(41)34(42)37(36(38)44)53-55(45,46)47;;;;;;;;;;;;/h2,30,33-38,41-44H,3,5,7,9,11,13,15-17,19,21,23,25,27-29H2,1H3,(H,48,49)(H2,45,46,47);1H3;11*1H/t30-,33-,34?,35-,36?,37+,38?;;;;;;;;;;;;/m1............/s1. The fourth-order valence-corrected chi connectivity index (χ4v) is 6.68. The van der Waals surface area contributed by atoms with Crippen LogP contribution in [-0.4, -0.2) is 103 Å². The molecule has 0 spiro atoms. The molecule has 0 aromatic rings. The van der Waals surface area contributed by atoms with E-state index in [1.54, 1.807) is 0 Å². The Morgan fingerprint density at radius 3 is 1.60 bits per heavy atom. The number of rotatable bonds is 24. The second-order valence-electron chi connectivity index (χ2n) is 12.5. The van der Waals surface area contributed by atoms with E-state index in [9.17, 15) is 44.0 Å².